The number of hydrogen-bond donors (Lipinski definition) is 2. The van der Waals surface area contributed by atoms with E-state index in [4.69, 9.17) is 0 Å². The van der Waals surface area contributed by atoms with Gasteiger partial charge in [-0.2, -0.15) is 0 Å². The number of hydrogen-bond acceptors (Lipinski definition) is 4. The second kappa shape index (κ2) is 7.27. The highest BCUT2D eigenvalue weighted by molar-refractivity contribution is 5.64. The summed E-state index contributed by atoms with van der Waals surface area (Å²) in [7, 11) is 0. The van der Waals surface area contributed by atoms with Gasteiger partial charge in [-0.1, -0.05) is 20.8 Å². The van der Waals surface area contributed by atoms with Crippen molar-refractivity contribution in [3.05, 3.63) is 0 Å². The van der Waals surface area contributed by atoms with Crippen LogP contribution in [0.3, 0.4) is 0 Å². The second-order valence-corrected chi connectivity index (χ2v) is 11.3. The first kappa shape index (κ1) is 20.7. The summed E-state index contributed by atoms with van der Waals surface area (Å²) in [5, 5.41) is 32.4. The average Bonchev–Trinajstić information content (AvgIpc) is 2.98. The number of aliphatic carboxylic acids is 1. The van der Waals surface area contributed by atoms with Crippen LogP contribution in [0.25, 0.3) is 0 Å². The Hall–Kier alpha value is -0.610. The van der Waals surface area contributed by atoms with Crippen LogP contribution in [-0.4, -0.2) is 28.4 Å². The molecule has 0 aromatic carbocycles. The number of carboxylic acid groups (broad SMARTS) is 1. The quantitative estimate of drug-likeness (QED) is 0.771. The molecule has 0 aromatic rings. The Labute approximate surface area is 170 Å². The van der Waals surface area contributed by atoms with Crippen molar-refractivity contribution in [2.45, 2.75) is 97.2 Å². The predicted octanol–water partition coefficient (Wildman–Crippen LogP) is 3.14. The average molecular weight is 392 g/mol. The molecule has 160 valence electrons. The van der Waals surface area contributed by atoms with E-state index in [9.17, 15) is 20.1 Å². The fraction of sp³-hybridized carbons (Fsp3) is 0.958. The lowest BCUT2D eigenvalue weighted by Gasteiger charge is -2.62. The minimum Gasteiger partial charge on any atom is -0.550 e. The maximum absolute atomic E-state index is 11.2. The molecule has 4 heteroatoms. The highest BCUT2D eigenvalue weighted by Gasteiger charge is 2.62. The number of carbonyl (C=O) groups excluding carboxylic acids is 1. The molecule has 0 amide bonds. The third-order valence-electron chi connectivity index (χ3n) is 10.2. The Morgan fingerprint density at radius 1 is 1.04 bits per heavy atom. The van der Waals surface area contributed by atoms with Crippen LogP contribution in [0.1, 0.15) is 85.0 Å². The van der Waals surface area contributed by atoms with Gasteiger partial charge in [-0.3, -0.25) is 0 Å². The first-order valence-electron chi connectivity index (χ1n) is 11.7. The van der Waals surface area contributed by atoms with Gasteiger partial charge >= 0.3 is 0 Å². The molecule has 4 nitrogen and oxygen atoms in total. The number of fused-ring (bicyclic) bond motifs is 5. The lowest BCUT2D eigenvalue weighted by atomic mass is 9.43. The molecule has 4 aliphatic carbocycles. The molecule has 4 fully saturated rings. The molecule has 0 bridgehead atoms. The van der Waals surface area contributed by atoms with E-state index in [1.54, 1.807) is 0 Å². The molecule has 0 unspecified atom stereocenters. The second-order valence-electron chi connectivity index (χ2n) is 11.3. The summed E-state index contributed by atoms with van der Waals surface area (Å²) in [6.45, 7) is 7.11. The summed E-state index contributed by atoms with van der Waals surface area (Å²) in [4.78, 5) is 10.9. The zero-order valence-electron chi connectivity index (χ0n) is 17.9. The van der Waals surface area contributed by atoms with Gasteiger partial charge in [0.15, 0.2) is 0 Å². The van der Waals surface area contributed by atoms with Gasteiger partial charge < -0.3 is 20.1 Å². The van der Waals surface area contributed by atoms with E-state index in [2.05, 4.69) is 20.8 Å². The van der Waals surface area contributed by atoms with E-state index in [1.807, 2.05) is 0 Å². The van der Waals surface area contributed by atoms with Crippen LogP contribution in [0, 0.1) is 46.3 Å². The van der Waals surface area contributed by atoms with Gasteiger partial charge in [0.05, 0.1) is 12.2 Å². The normalized spacial score (nSPS) is 51.7. The van der Waals surface area contributed by atoms with E-state index in [0.717, 1.165) is 25.7 Å². The van der Waals surface area contributed by atoms with Gasteiger partial charge in [-0.15, -0.1) is 0 Å². The summed E-state index contributed by atoms with van der Waals surface area (Å²) in [5.41, 5.74) is 0.494. The van der Waals surface area contributed by atoms with Gasteiger partial charge in [0.2, 0.25) is 0 Å². The van der Waals surface area contributed by atoms with Crippen molar-refractivity contribution < 1.29 is 20.1 Å². The van der Waals surface area contributed by atoms with Crippen molar-refractivity contribution in [2.75, 3.05) is 0 Å². The molecule has 4 saturated carbocycles. The fourth-order valence-corrected chi connectivity index (χ4v) is 8.72. The summed E-state index contributed by atoms with van der Waals surface area (Å²) in [6, 6.07) is 0. The van der Waals surface area contributed by atoms with Crippen molar-refractivity contribution in [2.24, 2.45) is 46.3 Å². The Balaban J connectivity index is 1.55. The Morgan fingerprint density at radius 3 is 2.43 bits per heavy atom. The summed E-state index contributed by atoms with van der Waals surface area (Å²) in [6.07, 6.45) is 8.91. The fourth-order valence-electron chi connectivity index (χ4n) is 8.72. The Bertz CT molecular complexity index is 605. The molecule has 0 radical (unpaired) electrons. The molecule has 0 spiro atoms. The maximum Gasteiger partial charge on any atom is 0.0577 e. The SMILES string of the molecule is C[C@H](CCC(=O)[O-])[C@@H]1CC[C@H]2[C@H]3[C@@H](CC[C@@]21C)[C@@]1(C)CC[C@H](O)C[C@@H]1C[C@@H]3O. The standard InChI is InChI=1S/C24H40O4/c1-14(4-7-21(27)28)17-5-6-18-22-19(9-11-24(17,18)3)23(2)10-8-16(25)12-15(23)13-20(22)26/h14-20,22,25-26H,4-13H2,1-3H3,(H,27,28)/p-1/t14-,15-,16+,17+,18+,19-,20+,22+,23+,24-/m1/s1. The van der Waals surface area contributed by atoms with Crippen LogP contribution < -0.4 is 5.11 Å². The van der Waals surface area contributed by atoms with Gasteiger partial charge in [-0.05, 0) is 111 Å². The monoisotopic (exact) mass is 391 g/mol. The van der Waals surface area contributed by atoms with E-state index in [0.29, 0.717) is 41.9 Å². The number of aliphatic hydroxyl groups excluding tert-OH is 2. The molecule has 0 aromatic heterocycles. The van der Waals surface area contributed by atoms with E-state index in [1.165, 1.54) is 25.7 Å². The van der Waals surface area contributed by atoms with Crippen molar-refractivity contribution in [3.8, 4) is 0 Å². The summed E-state index contributed by atoms with van der Waals surface area (Å²) < 4.78 is 0. The minimum absolute atomic E-state index is 0.162. The van der Waals surface area contributed by atoms with E-state index in [-0.39, 0.29) is 29.5 Å². The van der Waals surface area contributed by atoms with Gasteiger partial charge in [0.1, 0.15) is 0 Å². The smallest absolute Gasteiger partial charge is 0.0577 e. The minimum atomic E-state index is -0.934. The molecule has 4 rings (SSSR count). The first-order chi connectivity index (χ1) is 13.2. The predicted molar refractivity (Wildman–Crippen MR) is 106 cm³/mol. The number of rotatable bonds is 4. The van der Waals surface area contributed by atoms with Crippen LogP contribution in [0.15, 0.2) is 0 Å². The van der Waals surface area contributed by atoms with Crippen LogP contribution >= 0.6 is 0 Å². The molecule has 28 heavy (non-hydrogen) atoms. The van der Waals surface area contributed by atoms with Crippen LogP contribution in [-0.2, 0) is 4.79 Å². The molecule has 4 aliphatic rings. The Kier molecular flexibility index (Phi) is 5.36. The number of carbonyl (C=O) groups is 1. The Morgan fingerprint density at radius 2 is 1.71 bits per heavy atom. The van der Waals surface area contributed by atoms with Gasteiger partial charge in [0.25, 0.3) is 0 Å². The van der Waals surface area contributed by atoms with E-state index >= 15 is 0 Å². The largest absolute Gasteiger partial charge is 0.550 e. The molecule has 0 heterocycles. The summed E-state index contributed by atoms with van der Waals surface area (Å²) >= 11 is 0. The van der Waals surface area contributed by atoms with E-state index < -0.39 is 5.97 Å². The molecule has 2 N–H and O–H groups in total. The van der Waals surface area contributed by atoms with Crippen LogP contribution in [0.5, 0.6) is 0 Å². The summed E-state index contributed by atoms with van der Waals surface area (Å²) in [5.74, 6) is 1.99. The van der Waals surface area contributed by atoms with Crippen LogP contribution in [0.4, 0.5) is 0 Å². The van der Waals surface area contributed by atoms with Crippen molar-refractivity contribution in [1.29, 1.82) is 0 Å². The molecule has 10 atom stereocenters. The zero-order chi connectivity index (χ0) is 20.3. The zero-order valence-corrected chi connectivity index (χ0v) is 17.9. The van der Waals surface area contributed by atoms with Crippen molar-refractivity contribution >= 4 is 5.97 Å². The third kappa shape index (κ3) is 3.14. The number of aliphatic hydroxyl groups is 2. The molecule has 0 aliphatic heterocycles. The first-order valence-corrected chi connectivity index (χ1v) is 11.7. The molecular formula is C24H39O4-. The topological polar surface area (TPSA) is 80.6 Å². The van der Waals surface area contributed by atoms with Crippen molar-refractivity contribution in [3.63, 3.8) is 0 Å². The molecular weight excluding hydrogens is 352 g/mol. The maximum atomic E-state index is 11.2. The van der Waals surface area contributed by atoms with Crippen LogP contribution in [0.2, 0.25) is 0 Å². The van der Waals surface area contributed by atoms with Gasteiger partial charge in [0, 0.05) is 5.97 Å². The van der Waals surface area contributed by atoms with Gasteiger partial charge in [-0.25, -0.2) is 0 Å². The molecule has 0 saturated heterocycles. The van der Waals surface area contributed by atoms with Crippen molar-refractivity contribution in [1.82, 2.24) is 0 Å². The lowest BCUT2D eigenvalue weighted by Crippen LogP contribution is -2.58. The highest BCUT2D eigenvalue weighted by Crippen LogP contribution is 2.68. The highest BCUT2D eigenvalue weighted by atomic mass is 16.4. The third-order valence-corrected chi connectivity index (χ3v) is 10.2. The lowest BCUT2D eigenvalue weighted by molar-refractivity contribution is -0.306. The number of carboxylic acids is 1.